The maximum absolute atomic E-state index is 5.46. The predicted octanol–water partition coefficient (Wildman–Crippen LogP) is 1.12. The van der Waals surface area contributed by atoms with E-state index in [9.17, 15) is 0 Å². The molecule has 0 bridgehead atoms. The normalized spacial score (nSPS) is 31.8. The first-order chi connectivity index (χ1) is 2.89. The Kier molecular flexibility index (Phi) is 1.40. The van der Waals surface area contributed by atoms with Crippen LogP contribution in [0.4, 0.5) is 0 Å². The molecule has 0 fully saturated rings. The highest BCUT2D eigenvalue weighted by Gasteiger charge is 2.01. The summed E-state index contributed by atoms with van der Waals surface area (Å²) in [4.78, 5) is 0. The van der Waals surface area contributed by atoms with Gasteiger partial charge < -0.3 is 0 Å². The van der Waals surface area contributed by atoms with Crippen molar-refractivity contribution < 1.29 is 0 Å². The SMILES string of the molecule is ClC1C=[C]SN1. The van der Waals surface area contributed by atoms with Crippen LogP contribution in [0.5, 0.6) is 0 Å². The largest absolute Gasteiger partial charge is 0.239 e. The van der Waals surface area contributed by atoms with Crippen LogP contribution in [0.3, 0.4) is 0 Å². The Morgan fingerprint density at radius 1 is 2.00 bits per heavy atom. The molecule has 1 atom stereocenters. The maximum atomic E-state index is 5.46. The number of rotatable bonds is 0. The van der Waals surface area contributed by atoms with Crippen molar-refractivity contribution in [3.8, 4) is 0 Å². The van der Waals surface area contributed by atoms with E-state index in [1.165, 1.54) is 11.9 Å². The van der Waals surface area contributed by atoms with Gasteiger partial charge in [-0.15, -0.1) is 11.6 Å². The summed E-state index contributed by atoms with van der Waals surface area (Å²) in [7, 11) is 0. The number of nitrogens with one attached hydrogen (secondary N) is 1. The minimum Gasteiger partial charge on any atom is -0.239 e. The molecule has 0 aliphatic carbocycles. The molecule has 0 spiro atoms. The van der Waals surface area contributed by atoms with Crippen LogP contribution < -0.4 is 4.72 Å². The zero-order valence-corrected chi connectivity index (χ0v) is 4.51. The first-order valence-corrected chi connectivity index (χ1v) is 2.79. The Morgan fingerprint density at radius 3 is 3.00 bits per heavy atom. The summed E-state index contributed by atoms with van der Waals surface area (Å²) in [6.07, 6.45) is 1.77. The number of hydrogen-bond donors (Lipinski definition) is 1. The molecule has 6 heavy (non-hydrogen) atoms. The molecule has 3 heteroatoms. The van der Waals surface area contributed by atoms with E-state index in [0.717, 1.165) is 0 Å². The van der Waals surface area contributed by atoms with Gasteiger partial charge in [-0.1, -0.05) is 0 Å². The third-order valence-corrected chi connectivity index (χ3v) is 1.44. The van der Waals surface area contributed by atoms with Gasteiger partial charge in [-0.2, -0.15) is 0 Å². The van der Waals surface area contributed by atoms with Crippen molar-refractivity contribution in [1.82, 2.24) is 4.72 Å². The highest BCUT2D eigenvalue weighted by molar-refractivity contribution is 7.99. The summed E-state index contributed by atoms with van der Waals surface area (Å²) in [5.41, 5.74) is -0.00463. The fourth-order valence-electron chi connectivity index (χ4n) is 0.218. The fourth-order valence-corrected chi connectivity index (χ4v) is 0.942. The molecule has 0 aromatic carbocycles. The summed E-state index contributed by atoms with van der Waals surface area (Å²) < 4.78 is 2.83. The topological polar surface area (TPSA) is 12.0 Å². The Balaban J connectivity index is 2.38. The van der Waals surface area contributed by atoms with Gasteiger partial charge in [0.2, 0.25) is 0 Å². The van der Waals surface area contributed by atoms with Gasteiger partial charge in [-0.25, -0.2) is 4.72 Å². The van der Waals surface area contributed by atoms with Crippen molar-refractivity contribution in [3.63, 3.8) is 0 Å². The monoisotopic (exact) mass is 120 g/mol. The first kappa shape index (κ1) is 4.50. The van der Waals surface area contributed by atoms with Crippen LogP contribution in [0.1, 0.15) is 0 Å². The maximum Gasteiger partial charge on any atom is 0.112 e. The molecule has 0 amide bonds. The Labute approximate surface area is 45.9 Å². The van der Waals surface area contributed by atoms with Gasteiger partial charge in [0.1, 0.15) is 5.50 Å². The summed E-state index contributed by atoms with van der Waals surface area (Å²) in [6, 6.07) is 0. The second-order valence-electron chi connectivity index (χ2n) is 0.906. The quantitative estimate of drug-likeness (QED) is 0.292. The predicted molar refractivity (Wildman–Crippen MR) is 28.2 cm³/mol. The van der Waals surface area contributed by atoms with E-state index >= 15 is 0 Å². The number of halogens is 1. The van der Waals surface area contributed by atoms with Gasteiger partial charge in [0.15, 0.2) is 0 Å². The third-order valence-electron chi connectivity index (χ3n) is 0.445. The van der Waals surface area contributed by atoms with Crippen LogP contribution in [0.25, 0.3) is 0 Å². The van der Waals surface area contributed by atoms with Crippen LogP contribution in [-0.2, 0) is 0 Å². The molecule has 0 aromatic heterocycles. The summed E-state index contributed by atoms with van der Waals surface area (Å²) in [5, 5.41) is 2.82. The lowest BCUT2D eigenvalue weighted by atomic mass is 10.7. The lowest BCUT2D eigenvalue weighted by Crippen LogP contribution is -2.05. The molecular formula is C3H3ClNS. The van der Waals surface area contributed by atoms with Gasteiger partial charge in [0, 0.05) is 5.41 Å². The van der Waals surface area contributed by atoms with Gasteiger partial charge in [-0.05, 0) is 18.0 Å². The summed E-state index contributed by atoms with van der Waals surface area (Å²) in [5.74, 6) is 0. The Morgan fingerprint density at radius 2 is 2.83 bits per heavy atom. The van der Waals surface area contributed by atoms with E-state index in [-0.39, 0.29) is 5.50 Å². The minimum absolute atomic E-state index is 0.00463. The molecule has 1 nitrogen and oxygen atoms in total. The molecule has 0 saturated carbocycles. The van der Waals surface area contributed by atoms with E-state index < -0.39 is 0 Å². The smallest absolute Gasteiger partial charge is 0.112 e. The van der Waals surface area contributed by atoms with E-state index in [2.05, 4.69) is 10.1 Å². The highest BCUT2D eigenvalue weighted by Crippen LogP contribution is 2.09. The molecule has 1 aliphatic heterocycles. The molecule has 1 N–H and O–H groups in total. The molecule has 33 valence electrons. The van der Waals surface area contributed by atoms with Crippen LogP contribution in [0, 0.1) is 5.41 Å². The van der Waals surface area contributed by atoms with E-state index in [1.807, 2.05) is 0 Å². The minimum atomic E-state index is -0.00463. The average Bonchev–Trinajstić information content (AvgIpc) is 1.86. The van der Waals surface area contributed by atoms with Gasteiger partial charge in [0.05, 0.1) is 0 Å². The molecule has 1 unspecified atom stereocenters. The molecule has 1 rings (SSSR count). The van der Waals surface area contributed by atoms with E-state index in [0.29, 0.717) is 0 Å². The number of alkyl halides is 1. The molecule has 0 saturated heterocycles. The van der Waals surface area contributed by atoms with Crippen molar-refractivity contribution in [2.45, 2.75) is 5.50 Å². The Hall–Kier alpha value is 0.340. The second-order valence-corrected chi connectivity index (χ2v) is 2.05. The fraction of sp³-hybridized carbons (Fsp3) is 0.333. The Bertz CT molecular complexity index is 73.2. The van der Waals surface area contributed by atoms with Crippen molar-refractivity contribution >= 4 is 23.5 Å². The number of hydrogen-bond acceptors (Lipinski definition) is 2. The molecule has 1 radical (unpaired) electrons. The van der Waals surface area contributed by atoms with E-state index in [4.69, 9.17) is 11.6 Å². The summed E-state index contributed by atoms with van der Waals surface area (Å²) >= 11 is 6.86. The van der Waals surface area contributed by atoms with Crippen molar-refractivity contribution in [2.75, 3.05) is 0 Å². The lowest BCUT2D eigenvalue weighted by Gasteiger charge is -1.89. The molecule has 1 aliphatic rings. The third kappa shape index (κ3) is 0.899. The second kappa shape index (κ2) is 1.87. The first-order valence-electron chi connectivity index (χ1n) is 1.54. The molecule has 0 aromatic rings. The average molecular weight is 121 g/mol. The van der Waals surface area contributed by atoms with Crippen LogP contribution in [-0.4, -0.2) is 5.50 Å². The van der Waals surface area contributed by atoms with Gasteiger partial charge >= 0.3 is 0 Å². The van der Waals surface area contributed by atoms with Crippen molar-refractivity contribution in [1.29, 1.82) is 0 Å². The summed E-state index contributed by atoms with van der Waals surface area (Å²) in [6.45, 7) is 0. The van der Waals surface area contributed by atoms with Crippen molar-refractivity contribution in [2.24, 2.45) is 0 Å². The van der Waals surface area contributed by atoms with Crippen LogP contribution in [0.2, 0.25) is 0 Å². The standard InChI is InChI=1S/C3H3ClNS/c4-3-1-2-6-5-3/h1,3,5H. The van der Waals surface area contributed by atoms with Gasteiger partial charge in [-0.3, -0.25) is 0 Å². The van der Waals surface area contributed by atoms with Crippen LogP contribution in [0.15, 0.2) is 6.08 Å². The van der Waals surface area contributed by atoms with Crippen molar-refractivity contribution in [3.05, 3.63) is 11.5 Å². The van der Waals surface area contributed by atoms with Crippen LogP contribution >= 0.6 is 23.5 Å². The zero-order valence-electron chi connectivity index (χ0n) is 2.94. The van der Waals surface area contributed by atoms with E-state index in [1.54, 1.807) is 6.08 Å². The molecular weight excluding hydrogens is 118 g/mol. The molecule has 1 heterocycles. The highest BCUT2D eigenvalue weighted by atomic mass is 35.5. The van der Waals surface area contributed by atoms with Gasteiger partial charge in [0.25, 0.3) is 0 Å². The zero-order chi connectivity index (χ0) is 4.41. The lowest BCUT2D eigenvalue weighted by molar-refractivity contribution is 1.06.